The molecule has 0 N–H and O–H groups in total. The molecule has 2 aromatic rings. The average Bonchev–Trinajstić information content (AvgIpc) is 3.41. The molecular weight excluding hydrogens is 535 g/mol. The van der Waals surface area contributed by atoms with Gasteiger partial charge in [0.05, 0.1) is 0 Å². The van der Waals surface area contributed by atoms with Gasteiger partial charge in [0.25, 0.3) is 0 Å². The number of rotatable bonds is 12. The smallest absolute Gasteiger partial charge is 1.00 e. The van der Waals surface area contributed by atoms with Crippen LogP contribution in [0.2, 0.25) is 36.3 Å². The molecule has 0 amide bonds. The van der Waals surface area contributed by atoms with Crippen LogP contribution in [0.4, 0.5) is 0 Å². The van der Waals surface area contributed by atoms with E-state index in [1.54, 1.807) is 45.7 Å². The Kier molecular flexibility index (Phi) is 18.1. The van der Waals surface area contributed by atoms with E-state index in [4.69, 9.17) is 0 Å². The first-order valence-electron chi connectivity index (χ1n) is 14.1. The summed E-state index contributed by atoms with van der Waals surface area (Å²) in [6.45, 7) is 9.27. The van der Waals surface area contributed by atoms with Crippen LogP contribution in [0.5, 0.6) is 0 Å². The molecule has 35 heavy (non-hydrogen) atoms. The summed E-state index contributed by atoms with van der Waals surface area (Å²) in [7, 11) is -1.87. The fourth-order valence-electron chi connectivity index (χ4n) is 6.25. The first kappa shape index (κ1) is 35.4. The minimum absolute atomic E-state index is 0. The normalized spacial score (nSPS) is 16.8. The second-order valence-electron chi connectivity index (χ2n) is 11.0. The van der Waals surface area contributed by atoms with Crippen LogP contribution in [0.3, 0.4) is 0 Å². The van der Waals surface area contributed by atoms with E-state index in [9.17, 15) is 0 Å². The zero-order valence-corrected chi connectivity index (χ0v) is 28.1. The summed E-state index contributed by atoms with van der Waals surface area (Å²) in [4.78, 5) is 0. The van der Waals surface area contributed by atoms with E-state index in [0.717, 1.165) is 0 Å². The Morgan fingerprint density at radius 2 is 1.00 bits per heavy atom. The van der Waals surface area contributed by atoms with Crippen molar-refractivity contribution in [3.05, 3.63) is 47.5 Å². The summed E-state index contributed by atoms with van der Waals surface area (Å²) in [5.74, 6) is 0. The Labute approximate surface area is 247 Å². The van der Waals surface area contributed by atoms with E-state index in [0.29, 0.717) is 0 Å². The molecule has 2 fully saturated rings. The van der Waals surface area contributed by atoms with Gasteiger partial charge in [0, 0.05) is 16.1 Å². The summed E-state index contributed by atoms with van der Waals surface area (Å²) in [6, 6.07) is 24.2. The molecule has 2 heterocycles. The molecule has 0 unspecified atom stereocenters. The predicted octanol–water partition coefficient (Wildman–Crippen LogP) is 2.44. The molecule has 196 valence electrons. The van der Waals surface area contributed by atoms with Crippen molar-refractivity contribution < 1.29 is 46.5 Å². The maximum absolute atomic E-state index is 2.55. The topological polar surface area (TPSA) is 0 Å². The van der Waals surface area contributed by atoms with E-state index >= 15 is 0 Å². The Balaban J connectivity index is 0.000000608. The van der Waals surface area contributed by atoms with Crippen LogP contribution < -0.4 is 35.2 Å². The number of unbranched alkanes of at least 4 members (excludes halogenated alkanes) is 2. The fourth-order valence-corrected chi connectivity index (χ4v) is 15.2. The van der Waals surface area contributed by atoms with E-state index in [-0.39, 0.29) is 46.5 Å². The summed E-state index contributed by atoms with van der Waals surface area (Å²) in [6.07, 6.45) is 13.7. The number of halogens is 2. The average molecular weight is 586 g/mol. The van der Waals surface area contributed by atoms with Crippen LogP contribution in [0.25, 0.3) is 0 Å². The standard InChI is InChI=1S/2C15H25Si.2ClH.Ti/c2*1-3-5-7-14-8-9-15(13-14)16(10-4-2)11-6-12-16;;;/h2*8-9,13H,3-7,10-12H2,1-2H3;2*1H;/q2*-1;;;+4/p-2. The monoisotopic (exact) mass is 584 g/mol. The third-order valence-corrected chi connectivity index (χ3v) is 19.8. The molecular formula is C30H50Cl2Si2Ti. The minimum atomic E-state index is -0.937. The van der Waals surface area contributed by atoms with Gasteiger partial charge < -0.3 is 24.8 Å². The molecule has 0 spiro atoms. The van der Waals surface area contributed by atoms with Crippen molar-refractivity contribution in [2.75, 3.05) is 0 Å². The van der Waals surface area contributed by atoms with Crippen LogP contribution in [0.1, 0.15) is 90.2 Å². The second-order valence-corrected chi connectivity index (χ2v) is 20.3. The van der Waals surface area contributed by atoms with Gasteiger partial charge in [-0.15, -0.1) is 0 Å². The Morgan fingerprint density at radius 1 is 0.629 bits per heavy atom. The van der Waals surface area contributed by atoms with E-state index in [1.165, 1.54) is 76.3 Å². The largest absolute Gasteiger partial charge is 4.00 e. The Hall–Kier alpha value is 0.428. The first-order valence-corrected chi connectivity index (χ1v) is 19.4. The zero-order chi connectivity index (χ0) is 22.9. The van der Waals surface area contributed by atoms with Gasteiger partial charge in [-0.05, 0) is 0 Å². The van der Waals surface area contributed by atoms with Gasteiger partial charge in [0.1, 0.15) is 0 Å². The minimum Gasteiger partial charge on any atom is -1.00 e. The van der Waals surface area contributed by atoms with Crippen LogP contribution in [-0.2, 0) is 34.6 Å². The Bertz CT molecular complexity index is 724. The summed E-state index contributed by atoms with van der Waals surface area (Å²) in [5.41, 5.74) is 3.21. The predicted molar refractivity (Wildman–Crippen MR) is 151 cm³/mol. The summed E-state index contributed by atoms with van der Waals surface area (Å²) < 4.78 is 0. The fraction of sp³-hybridized carbons (Fsp3) is 0.667. The molecule has 0 aliphatic carbocycles. The molecule has 4 rings (SSSR count). The van der Waals surface area contributed by atoms with Crippen molar-refractivity contribution in [3.8, 4) is 0 Å². The summed E-state index contributed by atoms with van der Waals surface area (Å²) >= 11 is 0. The molecule has 2 aliphatic heterocycles. The molecule has 0 aromatic heterocycles. The SMILES string of the molecule is CCCC[c-]1ccc([Si]2(CCC)CCC2)c1.CCCC[c-]1ccc([Si]2(CCC)CCC2)c1.[Cl-].[Cl-].[Ti+4]. The van der Waals surface area contributed by atoms with Gasteiger partial charge in [-0.25, -0.2) is 22.5 Å². The van der Waals surface area contributed by atoms with Crippen molar-refractivity contribution in [1.29, 1.82) is 0 Å². The molecule has 0 radical (unpaired) electrons. The zero-order valence-electron chi connectivity index (χ0n) is 23.0. The van der Waals surface area contributed by atoms with Gasteiger partial charge in [-0.2, -0.15) is 35.4 Å². The van der Waals surface area contributed by atoms with Gasteiger partial charge in [-0.3, -0.25) is 0 Å². The molecule has 5 heteroatoms. The molecule has 0 nitrogen and oxygen atoms in total. The van der Waals surface area contributed by atoms with E-state index < -0.39 is 16.1 Å². The quantitative estimate of drug-likeness (QED) is 0.265. The van der Waals surface area contributed by atoms with Gasteiger partial charge in [0.15, 0.2) is 0 Å². The number of hydrogen-bond donors (Lipinski definition) is 0. The van der Waals surface area contributed by atoms with Crippen molar-refractivity contribution in [1.82, 2.24) is 0 Å². The molecule has 2 aliphatic rings. The Morgan fingerprint density at radius 3 is 1.26 bits per heavy atom. The van der Waals surface area contributed by atoms with Gasteiger partial charge >= 0.3 is 21.7 Å². The maximum atomic E-state index is 2.55. The third-order valence-electron chi connectivity index (χ3n) is 8.58. The van der Waals surface area contributed by atoms with E-state index in [1.807, 2.05) is 0 Å². The van der Waals surface area contributed by atoms with Crippen molar-refractivity contribution in [3.63, 3.8) is 0 Å². The second kappa shape index (κ2) is 17.8. The molecule has 0 bridgehead atoms. The van der Waals surface area contributed by atoms with Crippen LogP contribution in [-0.4, -0.2) is 16.1 Å². The molecule has 0 atom stereocenters. The number of hydrogen-bond acceptors (Lipinski definition) is 0. The summed E-state index contributed by atoms with van der Waals surface area (Å²) in [5, 5.41) is 3.57. The van der Waals surface area contributed by atoms with Crippen LogP contribution in [0, 0.1) is 0 Å². The first-order chi connectivity index (χ1) is 15.6. The molecule has 2 saturated heterocycles. The number of aryl methyl sites for hydroxylation is 2. The van der Waals surface area contributed by atoms with Crippen LogP contribution in [0.15, 0.2) is 36.4 Å². The molecule has 0 saturated carbocycles. The maximum Gasteiger partial charge on any atom is 4.00 e. The van der Waals surface area contributed by atoms with E-state index in [2.05, 4.69) is 64.1 Å². The molecule has 2 aromatic carbocycles. The van der Waals surface area contributed by atoms with Gasteiger partial charge in [-0.1, -0.05) is 128 Å². The van der Waals surface area contributed by atoms with Crippen LogP contribution >= 0.6 is 0 Å². The third kappa shape index (κ3) is 9.29. The van der Waals surface area contributed by atoms with Crippen molar-refractivity contribution >= 4 is 26.5 Å². The van der Waals surface area contributed by atoms with Crippen molar-refractivity contribution in [2.45, 2.75) is 128 Å². The van der Waals surface area contributed by atoms with Gasteiger partial charge in [0.2, 0.25) is 0 Å². The van der Waals surface area contributed by atoms with Crippen molar-refractivity contribution in [2.24, 2.45) is 0 Å².